The predicted octanol–water partition coefficient (Wildman–Crippen LogP) is 2.53. The van der Waals surface area contributed by atoms with E-state index in [-0.39, 0.29) is 17.6 Å². The number of aryl methyl sites for hydroxylation is 1. The molecule has 1 unspecified atom stereocenters. The average Bonchev–Trinajstić information content (AvgIpc) is 2.99. The molecule has 1 aromatic carbocycles. The number of halogens is 1. The summed E-state index contributed by atoms with van der Waals surface area (Å²) in [5.41, 5.74) is 1.43. The number of Topliss-reactive ketones (excluding diaryl/α,β-unsaturated/α-hetero) is 1. The zero-order valence-corrected chi connectivity index (χ0v) is 12.6. The van der Waals surface area contributed by atoms with Crippen molar-refractivity contribution >= 4 is 5.78 Å². The number of carbonyl (C=O) groups is 1. The van der Waals surface area contributed by atoms with Crippen LogP contribution in [-0.2, 0) is 0 Å². The Morgan fingerprint density at radius 3 is 2.81 bits per heavy atom. The molecule has 0 amide bonds. The van der Waals surface area contributed by atoms with Gasteiger partial charge in [0.05, 0.1) is 6.04 Å². The lowest BCUT2D eigenvalue weighted by atomic mass is 9.96. The van der Waals surface area contributed by atoms with Crippen molar-refractivity contribution in [2.75, 3.05) is 19.6 Å². The lowest BCUT2D eigenvalue weighted by Crippen LogP contribution is -2.48. The first-order valence-corrected chi connectivity index (χ1v) is 7.93. The van der Waals surface area contributed by atoms with Crippen LogP contribution in [-0.4, -0.2) is 42.4 Å². The van der Waals surface area contributed by atoms with Gasteiger partial charge in [-0.15, -0.1) is 0 Å². The van der Waals surface area contributed by atoms with E-state index in [0.717, 1.165) is 50.9 Å². The Morgan fingerprint density at radius 1 is 1.29 bits per heavy atom. The van der Waals surface area contributed by atoms with Crippen LogP contribution >= 0.6 is 0 Å². The number of hydrogen-bond acceptors (Lipinski definition) is 3. The van der Waals surface area contributed by atoms with Gasteiger partial charge in [-0.1, -0.05) is 6.07 Å². The van der Waals surface area contributed by atoms with E-state index in [9.17, 15) is 9.18 Å². The van der Waals surface area contributed by atoms with Gasteiger partial charge in [-0.05, 0) is 69.9 Å². The minimum Gasteiger partial charge on any atom is -0.317 e. The van der Waals surface area contributed by atoms with Crippen molar-refractivity contribution in [2.45, 2.75) is 44.7 Å². The summed E-state index contributed by atoms with van der Waals surface area (Å²) in [5, 5.41) is 3.37. The number of carbonyl (C=O) groups excluding carboxylic acids is 1. The molecule has 1 N–H and O–H groups in total. The zero-order valence-electron chi connectivity index (χ0n) is 12.6. The maximum absolute atomic E-state index is 13.5. The molecule has 1 atom stereocenters. The molecule has 0 bridgehead atoms. The number of benzene rings is 1. The third-order valence-electron chi connectivity index (χ3n) is 4.84. The van der Waals surface area contributed by atoms with Crippen LogP contribution in [0.5, 0.6) is 0 Å². The largest absolute Gasteiger partial charge is 0.317 e. The normalized spacial score (nSPS) is 24.4. The summed E-state index contributed by atoms with van der Waals surface area (Å²) >= 11 is 0. The third-order valence-corrected chi connectivity index (χ3v) is 4.84. The second-order valence-electron chi connectivity index (χ2n) is 6.20. The van der Waals surface area contributed by atoms with Crippen molar-refractivity contribution in [3.63, 3.8) is 0 Å². The van der Waals surface area contributed by atoms with Gasteiger partial charge in [0.1, 0.15) is 5.82 Å². The summed E-state index contributed by atoms with van der Waals surface area (Å²) < 4.78 is 13.5. The fraction of sp³-hybridized carbons (Fsp3) is 0.588. The summed E-state index contributed by atoms with van der Waals surface area (Å²) in [6.07, 6.45) is 4.17. The highest BCUT2D eigenvalue weighted by molar-refractivity contribution is 6.01. The number of piperidine rings is 1. The molecule has 21 heavy (non-hydrogen) atoms. The molecular weight excluding hydrogens is 267 g/mol. The smallest absolute Gasteiger partial charge is 0.180 e. The van der Waals surface area contributed by atoms with Gasteiger partial charge in [-0.2, -0.15) is 0 Å². The summed E-state index contributed by atoms with van der Waals surface area (Å²) in [6, 6.07) is 4.96. The maximum Gasteiger partial charge on any atom is 0.180 e. The number of nitrogens with one attached hydrogen (secondary N) is 1. The van der Waals surface area contributed by atoms with Crippen molar-refractivity contribution in [1.29, 1.82) is 0 Å². The molecule has 1 aromatic rings. The molecule has 3 rings (SSSR count). The van der Waals surface area contributed by atoms with E-state index in [1.165, 1.54) is 12.1 Å². The molecule has 2 saturated heterocycles. The third kappa shape index (κ3) is 3.01. The first-order valence-electron chi connectivity index (χ1n) is 7.93. The summed E-state index contributed by atoms with van der Waals surface area (Å²) in [5.74, 6) is -0.224. The van der Waals surface area contributed by atoms with Crippen LogP contribution in [0, 0.1) is 12.7 Å². The minimum absolute atomic E-state index is 0.0615. The van der Waals surface area contributed by atoms with E-state index in [1.54, 1.807) is 6.07 Å². The molecule has 0 spiro atoms. The van der Waals surface area contributed by atoms with E-state index in [4.69, 9.17) is 0 Å². The monoisotopic (exact) mass is 290 g/mol. The summed E-state index contributed by atoms with van der Waals surface area (Å²) in [6.45, 7) is 4.94. The van der Waals surface area contributed by atoms with Gasteiger partial charge in [0, 0.05) is 11.6 Å². The van der Waals surface area contributed by atoms with Gasteiger partial charge in [-0.3, -0.25) is 9.69 Å². The fourth-order valence-corrected chi connectivity index (χ4v) is 3.69. The molecular formula is C17H23FN2O. The van der Waals surface area contributed by atoms with Crippen LogP contribution in [0.2, 0.25) is 0 Å². The average molecular weight is 290 g/mol. The van der Waals surface area contributed by atoms with Crippen LogP contribution in [0.25, 0.3) is 0 Å². The van der Waals surface area contributed by atoms with Crippen molar-refractivity contribution in [1.82, 2.24) is 10.2 Å². The zero-order chi connectivity index (χ0) is 14.8. The number of hydrogen-bond donors (Lipinski definition) is 1. The highest BCUT2D eigenvalue weighted by atomic mass is 19.1. The van der Waals surface area contributed by atoms with Gasteiger partial charge in [0.2, 0.25) is 0 Å². The Morgan fingerprint density at radius 2 is 2.05 bits per heavy atom. The van der Waals surface area contributed by atoms with Crippen LogP contribution in [0.1, 0.15) is 41.6 Å². The molecule has 114 valence electrons. The van der Waals surface area contributed by atoms with Crippen molar-refractivity contribution in [3.8, 4) is 0 Å². The van der Waals surface area contributed by atoms with Crippen molar-refractivity contribution in [3.05, 3.63) is 35.1 Å². The van der Waals surface area contributed by atoms with Crippen LogP contribution < -0.4 is 5.32 Å². The summed E-state index contributed by atoms with van der Waals surface area (Å²) in [4.78, 5) is 15.2. The summed E-state index contributed by atoms with van der Waals surface area (Å²) in [7, 11) is 0. The Hall–Kier alpha value is -1.26. The SMILES string of the molecule is Cc1ccc(F)cc1C(=O)C1CCCN1C1CCNCC1. The van der Waals surface area contributed by atoms with Gasteiger partial charge >= 0.3 is 0 Å². The number of likely N-dealkylation sites (tertiary alicyclic amines) is 1. The van der Waals surface area contributed by atoms with Crippen molar-refractivity contribution < 1.29 is 9.18 Å². The number of nitrogens with zero attached hydrogens (tertiary/aromatic N) is 1. The first-order chi connectivity index (χ1) is 10.2. The minimum atomic E-state index is -0.324. The second kappa shape index (κ2) is 6.24. The Bertz CT molecular complexity index is 526. The lowest BCUT2D eigenvalue weighted by Gasteiger charge is -2.35. The molecule has 4 heteroatoms. The first kappa shape index (κ1) is 14.7. The van der Waals surface area contributed by atoms with Gasteiger partial charge in [-0.25, -0.2) is 4.39 Å². The van der Waals surface area contributed by atoms with E-state index in [2.05, 4.69) is 10.2 Å². The molecule has 3 nitrogen and oxygen atoms in total. The molecule has 0 radical (unpaired) electrons. The highest BCUT2D eigenvalue weighted by Crippen LogP contribution is 2.27. The Kier molecular flexibility index (Phi) is 4.36. The number of ketones is 1. The van der Waals surface area contributed by atoms with E-state index in [1.807, 2.05) is 6.92 Å². The standard InChI is InChI=1S/C17H23FN2O/c1-12-4-5-13(18)11-15(12)17(21)16-3-2-10-20(16)14-6-8-19-9-7-14/h4-5,11,14,16,19H,2-3,6-10H2,1H3. The van der Waals surface area contributed by atoms with E-state index in [0.29, 0.717) is 11.6 Å². The quantitative estimate of drug-likeness (QED) is 0.868. The molecule has 2 aliphatic heterocycles. The van der Waals surface area contributed by atoms with E-state index < -0.39 is 0 Å². The fourth-order valence-electron chi connectivity index (χ4n) is 3.69. The molecule has 2 aliphatic rings. The van der Waals surface area contributed by atoms with Gasteiger partial charge < -0.3 is 5.32 Å². The molecule has 2 fully saturated rings. The van der Waals surface area contributed by atoms with Crippen LogP contribution in [0.15, 0.2) is 18.2 Å². The Balaban J connectivity index is 1.80. The maximum atomic E-state index is 13.5. The van der Waals surface area contributed by atoms with Crippen molar-refractivity contribution in [2.24, 2.45) is 0 Å². The van der Waals surface area contributed by atoms with Crippen LogP contribution in [0.3, 0.4) is 0 Å². The molecule has 2 heterocycles. The Labute approximate surface area is 125 Å². The van der Waals surface area contributed by atoms with Gasteiger partial charge in [0.25, 0.3) is 0 Å². The molecule has 0 saturated carbocycles. The predicted molar refractivity (Wildman–Crippen MR) is 81.1 cm³/mol. The lowest BCUT2D eigenvalue weighted by molar-refractivity contribution is 0.0782. The van der Waals surface area contributed by atoms with Gasteiger partial charge in [0.15, 0.2) is 5.78 Å². The highest BCUT2D eigenvalue weighted by Gasteiger charge is 2.36. The number of rotatable bonds is 3. The molecule has 0 aromatic heterocycles. The van der Waals surface area contributed by atoms with Crippen LogP contribution in [0.4, 0.5) is 4.39 Å². The topological polar surface area (TPSA) is 32.3 Å². The second-order valence-corrected chi connectivity index (χ2v) is 6.20. The van der Waals surface area contributed by atoms with E-state index >= 15 is 0 Å². The molecule has 0 aliphatic carbocycles.